The Labute approximate surface area is 76.5 Å². The molecule has 0 rings (SSSR count). The Morgan fingerprint density at radius 1 is 1.62 bits per heavy atom. The van der Waals surface area contributed by atoms with Crippen molar-refractivity contribution in [3.05, 3.63) is 0 Å². The third kappa shape index (κ3) is 4.78. The molecule has 0 radical (unpaired) electrons. The second-order valence-corrected chi connectivity index (χ2v) is 4.25. The lowest BCUT2D eigenvalue weighted by atomic mass is 10.2. The molecule has 78 valence electrons. The van der Waals surface area contributed by atoms with Crippen molar-refractivity contribution in [2.45, 2.75) is 12.5 Å². The van der Waals surface area contributed by atoms with Crippen LogP contribution in [0.2, 0.25) is 0 Å². The van der Waals surface area contributed by atoms with Crippen molar-refractivity contribution in [3.8, 4) is 0 Å². The SMILES string of the molecule is CN(CCC(N)C(=O)O)S(N)(=O)=O. The molecule has 7 nitrogen and oxygen atoms in total. The summed E-state index contributed by atoms with van der Waals surface area (Å²) < 4.78 is 22.1. The highest BCUT2D eigenvalue weighted by Crippen LogP contribution is 1.95. The molecule has 0 heterocycles. The van der Waals surface area contributed by atoms with Gasteiger partial charge >= 0.3 is 5.97 Å². The van der Waals surface area contributed by atoms with E-state index in [9.17, 15) is 13.2 Å². The van der Waals surface area contributed by atoms with E-state index in [1.807, 2.05) is 0 Å². The fourth-order valence-corrected chi connectivity index (χ4v) is 0.931. The molecule has 0 amide bonds. The summed E-state index contributed by atoms with van der Waals surface area (Å²) in [6, 6.07) is -1.07. The zero-order chi connectivity index (χ0) is 10.6. The Morgan fingerprint density at radius 2 is 2.08 bits per heavy atom. The summed E-state index contributed by atoms with van der Waals surface area (Å²) in [5.74, 6) is -1.16. The van der Waals surface area contributed by atoms with Crippen LogP contribution in [0.4, 0.5) is 0 Å². The van der Waals surface area contributed by atoms with Gasteiger partial charge in [0.25, 0.3) is 10.2 Å². The number of aliphatic carboxylic acids is 1. The van der Waals surface area contributed by atoms with Gasteiger partial charge in [-0.1, -0.05) is 0 Å². The van der Waals surface area contributed by atoms with Gasteiger partial charge in [0.15, 0.2) is 0 Å². The largest absolute Gasteiger partial charge is 0.480 e. The molecule has 0 saturated carbocycles. The first kappa shape index (κ1) is 12.3. The van der Waals surface area contributed by atoms with Crippen LogP contribution in [-0.4, -0.2) is 43.4 Å². The lowest BCUT2D eigenvalue weighted by Gasteiger charge is -2.14. The van der Waals surface area contributed by atoms with Crippen molar-refractivity contribution in [2.75, 3.05) is 13.6 Å². The van der Waals surface area contributed by atoms with Gasteiger partial charge in [0.2, 0.25) is 0 Å². The minimum atomic E-state index is -3.74. The number of nitrogens with two attached hydrogens (primary N) is 2. The number of carboxylic acids is 1. The maximum Gasteiger partial charge on any atom is 0.320 e. The van der Waals surface area contributed by atoms with Gasteiger partial charge in [-0.05, 0) is 6.42 Å². The summed E-state index contributed by atoms with van der Waals surface area (Å²) in [5, 5.41) is 13.1. The van der Waals surface area contributed by atoms with Crippen LogP contribution >= 0.6 is 0 Å². The maximum atomic E-state index is 10.6. The standard InChI is InChI=1S/C5H13N3O4S/c1-8(13(7,11)12)3-2-4(6)5(9)10/h4H,2-3,6H2,1H3,(H,9,10)(H2,7,11,12). The highest BCUT2D eigenvalue weighted by Gasteiger charge is 2.16. The van der Waals surface area contributed by atoms with E-state index in [4.69, 9.17) is 16.0 Å². The lowest BCUT2D eigenvalue weighted by molar-refractivity contribution is -0.138. The second-order valence-electron chi connectivity index (χ2n) is 2.60. The van der Waals surface area contributed by atoms with Gasteiger partial charge in [-0.3, -0.25) is 4.79 Å². The number of hydrogen-bond donors (Lipinski definition) is 3. The molecule has 13 heavy (non-hydrogen) atoms. The molecule has 0 fully saturated rings. The van der Waals surface area contributed by atoms with Crippen LogP contribution in [0.25, 0.3) is 0 Å². The molecule has 0 aliphatic heterocycles. The Kier molecular flexibility index (Phi) is 4.27. The molecule has 0 aliphatic rings. The Bertz CT molecular complexity index is 276. The minimum absolute atomic E-state index is 0.00764. The van der Waals surface area contributed by atoms with Crippen LogP contribution in [0.1, 0.15) is 6.42 Å². The number of carbonyl (C=O) groups is 1. The normalized spacial score (nSPS) is 14.5. The average Bonchev–Trinajstić information content (AvgIpc) is 1.97. The van der Waals surface area contributed by atoms with Gasteiger partial charge < -0.3 is 10.8 Å². The van der Waals surface area contributed by atoms with Crippen molar-refractivity contribution in [3.63, 3.8) is 0 Å². The van der Waals surface area contributed by atoms with Gasteiger partial charge in [0.1, 0.15) is 6.04 Å². The number of carboxylic acid groups (broad SMARTS) is 1. The van der Waals surface area contributed by atoms with E-state index in [2.05, 4.69) is 0 Å². The van der Waals surface area contributed by atoms with Crippen molar-refractivity contribution in [2.24, 2.45) is 10.9 Å². The zero-order valence-electron chi connectivity index (χ0n) is 7.17. The summed E-state index contributed by atoms with van der Waals surface area (Å²) in [4.78, 5) is 10.2. The fraction of sp³-hybridized carbons (Fsp3) is 0.800. The van der Waals surface area contributed by atoms with Crippen LogP contribution in [0, 0.1) is 0 Å². The molecule has 0 aromatic carbocycles. The molecule has 0 aromatic rings. The quantitative estimate of drug-likeness (QED) is 0.481. The van der Waals surface area contributed by atoms with E-state index in [-0.39, 0.29) is 13.0 Å². The van der Waals surface area contributed by atoms with Crippen molar-refractivity contribution < 1.29 is 18.3 Å². The first-order valence-corrected chi connectivity index (χ1v) is 4.98. The van der Waals surface area contributed by atoms with Crippen molar-refractivity contribution >= 4 is 16.2 Å². The molecule has 0 saturated heterocycles. The van der Waals surface area contributed by atoms with E-state index in [1.54, 1.807) is 0 Å². The minimum Gasteiger partial charge on any atom is -0.480 e. The van der Waals surface area contributed by atoms with E-state index >= 15 is 0 Å². The molecule has 1 atom stereocenters. The smallest absolute Gasteiger partial charge is 0.320 e. The summed E-state index contributed by atoms with van der Waals surface area (Å²) in [7, 11) is -2.49. The van der Waals surface area contributed by atoms with Crippen LogP contribution in [0.5, 0.6) is 0 Å². The van der Waals surface area contributed by atoms with Gasteiger partial charge in [0.05, 0.1) is 0 Å². The molecular formula is C5H13N3O4S. The fourth-order valence-electron chi connectivity index (χ4n) is 0.572. The van der Waals surface area contributed by atoms with E-state index in [1.165, 1.54) is 7.05 Å². The van der Waals surface area contributed by atoms with Crippen LogP contribution in [0.3, 0.4) is 0 Å². The monoisotopic (exact) mass is 211 g/mol. The molecule has 0 bridgehead atoms. The Balaban J connectivity index is 3.98. The molecule has 8 heteroatoms. The summed E-state index contributed by atoms with van der Waals surface area (Å²) in [6.45, 7) is -0.00764. The molecule has 0 spiro atoms. The van der Waals surface area contributed by atoms with Gasteiger partial charge in [-0.2, -0.15) is 12.7 Å². The molecular weight excluding hydrogens is 198 g/mol. The summed E-state index contributed by atoms with van der Waals surface area (Å²) in [6.07, 6.45) is 0.0300. The summed E-state index contributed by atoms with van der Waals surface area (Å²) >= 11 is 0. The Morgan fingerprint density at radius 3 is 2.38 bits per heavy atom. The number of hydrogen-bond acceptors (Lipinski definition) is 4. The lowest BCUT2D eigenvalue weighted by Crippen LogP contribution is -2.38. The topological polar surface area (TPSA) is 127 Å². The van der Waals surface area contributed by atoms with Gasteiger partial charge in [0, 0.05) is 13.6 Å². The molecule has 0 aliphatic carbocycles. The third-order valence-electron chi connectivity index (χ3n) is 1.51. The van der Waals surface area contributed by atoms with Gasteiger partial charge in [-0.25, -0.2) is 5.14 Å². The highest BCUT2D eigenvalue weighted by atomic mass is 32.2. The maximum absolute atomic E-state index is 10.6. The van der Waals surface area contributed by atoms with E-state index in [0.717, 1.165) is 4.31 Å². The molecule has 0 aromatic heterocycles. The number of rotatable bonds is 5. The van der Waals surface area contributed by atoms with Crippen LogP contribution in [0.15, 0.2) is 0 Å². The van der Waals surface area contributed by atoms with Crippen molar-refractivity contribution in [1.29, 1.82) is 0 Å². The third-order valence-corrected chi connectivity index (χ3v) is 2.56. The predicted octanol–water partition coefficient (Wildman–Crippen LogP) is -2.08. The van der Waals surface area contributed by atoms with Crippen molar-refractivity contribution in [1.82, 2.24) is 4.31 Å². The molecule has 5 N–H and O–H groups in total. The Hall–Kier alpha value is -0.700. The van der Waals surface area contributed by atoms with E-state index in [0.29, 0.717) is 0 Å². The predicted molar refractivity (Wildman–Crippen MR) is 46.0 cm³/mol. The van der Waals surface area contributed by atoms with Crippen LogP contribution < -0.4 is 10.9 Å². The van der Waals surface area contributed by atoms with E-state index < -0.39 is 22.2 Å². The first-order valence-electron chi connectivity index (χ1n) is 3.47. The average molecular weight is 211 g/mol. The highest BCUT2D eigenvalue weighted by molar-refractivity contribution is 7.86. The second kappa shape index (κ2) is 4.51. The zero-order valence-corrected chi connectivity index (χ0v) is 7.99. The number of nitrogens with zero attached hydrogens (tertiary/aromatic N) is 1. The van der Waals surface area contributed by atoms with Crippen LogP contribution in [-0.2, 0) is 15.0 Å². The first-order chi connectivity index (χ1) is 5.75. The van der Waals surface area contributed by atoms with Gasteiger partial charge in [-0.15, -0.1) is 0 Å². The summed E-state index contributed by atoms with van der Waals surface area (Å²) in [5.41, 5.74) is 5.15. The molecule has 1 unspecified atom stereocenters.